The lowest BCUT2D eigenvalue weighted by atomic mass is 9.98. The van der Waals surface area contributed by atoms with Crippen molar-refractivity contribution in [2.45, 2.75) is 57.6 Å². The Bertz CT molecular complexity index is 1440. The van der Waals surface area contributed by atoms with E-state index in [9.17, 15) is 24.3 Å². The summed E-state index contributed by atoms with van der Waals surface area (Å²) in [5, 5.41) is 17.5. The van der Waals surface area contributed by atoms with E-state index in [2.05, 4.69) is 16.0 Å². The van der Waals surface area contributed by atoms with Gasteiger partial charge in [-0.3, -0.25) is 10.1 Å². The molecule has 0 bridgehead atoms. The zero-order chi connectivity index (χ0) is 31.0. The summed E-state index contributed by atoms with van der Waals surface area (Å²) in [7, 11) is 0. The summed E-state index contributed by atoms with van der Waals surface area (Å²) in [4.78, 5) is 49.3. The second-order valence-corrected chi connectivity index (χ2v) is 11.3. The Morgan fingerprint density at radius 2 is 1.44 bits per heavy atom. The van der Waals surface area contributed by atoms with Gasteiger partial charge < -0.3 is 25.2 Å². The maximum Gasteiger partial charge on any atom is 0.412 e. The van der Waals surface area contributed by atoms with Crippen molar-refractivity contribution >= 4 is 29.8 Å². The van der Waals surface area contributed by atoms with Crippen LogP contribution in [-0.4, -0.2) is 54.0 Å². The monoisotopic (exact) mass is 587 g/mol. The molecule has 1 aliphatic rings. The van der Waals surface area contributed by atoms with Crippen molar-refractivity contribution in [1.82, 2.24) is 10.6 Å². The van der Waals surface area contributed by atoms with Crippen molar-refractivity contribution < 1.29 is 33.8 Å². The quantitative estimate of drug-likeness (QED) is 0.204. The number of rotatable bonds is 11. The number of ether oxygens (including phenoxy) is 2. The summed E-state index contributed by atoms with van der Waals surface area (Å²) in [5.74, 6) is -1.69. The van der Waals surface area contributed by atoms with E-state index < -0.39 is 35.7 Å². The van der Waals surface area contributed by atoms with Crippen LogP contribution in [0.15, 0.2) is 72.8 Å². The van der Waals surface area contributed by atoms with Crippen LogP contribution in [0.3, 0.4) is 0 Å². The molecule has 1 atom stereocenters. The average Bonchev–Trinajstić information content (AvgIpc) is 3.28. The highest BCUT2D eigenvalue weighted by Crippen LogP contribution is 2.44. The highest BCUT2D eigenvalue weighted by atomic mass is 16.6. The van der Waals surface area contributed by atoms with E-state index in [1.807, 2.05) is 48.5 Å². The fraction of sp³-hybridized carbons (Fsp3) is 0.333. The van der Waals surface area contributed by atoms with Crippen molar-refractivity contribution in [3.05, 3.63) is 89.5 Å². The second kappa shape index (κ2) is 13.9. The Labute approximate surface area is 250 Å². The van der Waals surface area contributed by atoms with Gasteiger partial charge >= 0.3 is 18.2 Å². The molecule has 4 N–H and O–H groups in total. The molecule has 43 heavy (non-hydrogen) atoms. The van der Waals surface area contributed by atoms with Crippen molar-refractivity contribution in [3.63, 3.8) is 0 Å². The van der Waals surface area contributed by atoms with Crippen molar-refractivity contribution in [2.24, 2.45) is 0 Å². The van der Waals surface area contributed by atoms with Gasteiger partial charge in [0, 0.05) is 12.5 Å². The number of fused-ring (bicyclic) bond motifs is 3. The number of alkyl carbamates (subject to hydrolysis) is 1. The Balaban J connectivity index is 1.22. The molecule has 10 nitrogen and oxygen atoms in total. The van der Waals surface area contributed by atoms with Crippen LogP contribution in [0.1, 0.15) is 67.4 Å². The van der Waals surface area contributed by atoms with Crippen LogP contribution < -0.4 is 16.0 Å². The summed E-state index contributed by atoms with van der Waals surface area (Å²) in [6, 6.07) is 21.4. The summed E-state index contributed by atoms with van der Waals surface area (Å²) in [6.45, 7) is 5.59. The van der Waals surface area contributed by atoms with Crippen molar-refractivity contribution in [1.29, 1.82) is 0 Å². The Kier molecular flexibility index (Phi) is 10.0. The number of aliphatic carboxylic acids is 1. The third-order valence-corrected chi connectivity index (χ3v) is 6.95. The largest absolute Gasteiger partial charge is 0.480 e. The molecule has 0 aliphatic heterocycles. The molecule has 3 aromatic carbocycles. The molecule has 0 radical (unpaired) electrons. The number of carbonyl (C=O) groups excluding carboxylic acids is 3. The van der Waals surface area contributed by atoms with E-state index in [1.54, 1.807) is 45.0 Å². The number of amides is 3. The standard InChI is InChI=1S/C33H37N3O7/c1-33(2,3)43-32(41)35-27-17-9-8-16-25(27)29(37)34-19-11-10-18-28(30(38)39)36-31(40)42-20-26-23-14-6-4-12-21(23)22-13-5-7-15-24(22)26/h4-9,12-17,26,28H,10-11,18-20H2,1-3H3,(H,34,37)(H,35,41)(H,36,40)(H,38,39). The average molecular weight is 588 g/mol. The topological polar surface area (TPSA) is 143 Å². The maximum absolute atomic E-state index is 12.7. The Morgan fingerprint density at radius 1 is 0.837 bits per heavy atom. The molecule has 0 saturated carbocycles. The van der Waals surface area contributed by atoms with E-state index in [1.165, 1.54) is 0 Å². The summed E-state index contributed by atoms with van der Waals surface area (Å²) >= 11 is 0. The van der Waals surface area contributed by atoms with E-state index in [4.69, 9.17) is 9.47 Å². The molecular formula is C33H37N3O7. The van der Waals surface area contributed by atoms with Gasteiger partial charge in [-0.05, 0) is 74.4 Å². The predicted octanol–water partition coefficient (Wildman–Crippen LogP) is 5.93. The number of anilines is 1. The number of benzene rings is 3. The van der Waals surface area contributed by atoms with Crippen molar-refractivity contribution in [3.8, 4) is 11.1 Å². The molecule has 3 amide bonds. The van der Waals surface area contributed by atoms with E-state index in [0.717, 1.165) is 22.3 Å². The number of nitrogens with one attached hydrogen (secondary N) is 3. The molecule has 10 heteroatoms. The lowest BCUT2D eigenvalue weighted by Gasteiger charge is -2.20. The van der Waals surface area contributed by atoms with Gasteiger partial charge in [-0.2, -0.15) is 0 Å². The predicted molar refractivity (Wildman–Crippen MR) is 162 cm³/mol. The molecule has 0 spiro atoms. The first kappa shape index (κ1) is 31.1. The van der Waals surface area contributed by atoms with Gasteiger partial charge in [-0.25, -0.2) is 14.4 Å². The van der Waals surface area contributed by atoms with Crippen LogP contribution in [0.5, 0.6) is 0 Å². The highest BCUT2D eigenvalue weighted by molar-refractivity contribution is 6.02. The molecular weight excluding hydrogens is 550 g/mol. The van der Waals surface area contributed by atoms with Gasteiger partial charge in [0.15, 0.2) is 0 Å². The van der Waals surface area contributed by atoms with Gasteiger partial charge in [0.2, 0.25) is 0 Å². The van der Waals surface area contributed by atoms with Crippen LogP contribution in [0, 0.1) is 0 Å². The minimum Gasteiger partial charge on any atom is -0.480 e. The molecule has 3 aromatic rings. The van der Waals surface area contributed by atoms with E-state index >= 15 is 0 Å². The number of carboxylic acids is 1. The maximum atomic E-state index is 12.7. The molecule has 0 saturated heterocycles. The van der Waals surface area contributed by atoms with Crippen LogP contribution >= 0.6 is 0 Å². The SMILES string of the molecule is CC(C)(C)OC(=O)Nc1ccccc1C(=O)NCCCCC(NC(=O)OCC1c2ccccc2-c2ccccc21)C(=O)O. The Hall–Kier alpha value is -4.86. The number of unbranched alkanes of at least 4 members (excludes halogenated alkanes) is 1. The third kappa shape index (κ3) is 8.34. The summed E-state index contributed by atoms with van der Waals surface area (Å²) in [5.41, 5.74) is 4.24. The number of para-hydroxylation sites is 1. The first-order valence-corrected chi connectivity index (χ1v) is 14.2. The van der Waals surface area contributed by atoms with Crippen molar-refractivity contribution in [2.75, 3.05) is 18.5 Å². The van der Waals surface area contributed by atoms with Crippen LogP contribution in [0.2, 0.25) is 0 Å². The minimum absolute atomic E-state index is 0.0858. The van der Waals surface area contributed by atoms with Gasteiger partial charge in [-0.1, -0.05) is 60.7 Å². The fourth-order valence-electron chi connectivity index (χ4n) is 5.01. The molecule has 0 heterocycles. The minimum atomic E-state index is -1.17. The molecule has 1 aliphatic carbocycles. The van der Waals surface area contributed by atoms with Gasteiger partial charge in [0.05, 0.1) is 11.3 Å². The summed E-state index contributed by atoms with van der Waals surface area (Å²) in [6.07, 6.45) is -0.401. The molecule has 4 rings (SSSR count). The van der Waals surface area contributed by atoms with Gasteiger partial charge in [0.25, 0.3) is 5.91 Å². The molecule has 1 unspecified atom stereocenters. The second-order valence-electron chi connectivity index (χ2n) is 11.3. The van der Waals surface area contributed by atoms with Crippen LogP contribution in [0.4, 0.5) is 15.3 Å². The Morgan fingerprint density at radius 3 is 2.07 bits per heavy atom. The molecule has 0 fully saturated rings. The molecule has 226 valence electrons. The normalized spacial score (nSPS) is 12.8. The highest BCUT2D eigenvalue weighted by Gasteiger charge is 2.29. The van der Waals surface area contributed by atoms with Crippen LogP contribution in [-0.2, 0) is 14.3 Å². The fourth-order valence-corrected chi connectivity index (χ4v) is 5.01. The van der Waals surface area contributed by atoms with E-state index in [-0.39, 0.29) is 31.1 Å². The number of hydrogen-bond donors (Lipinski definition) is 4. The zero-order valence-corrected chi connectivity index (χ0v) is 24.5. The number of carbonyl (C=O) groups is 4. The summed E-state index contributed by atoms with van der Waals surface area (Å²) < 4.78 is 10.7. The van der Waals surface area contributed by atoms with Crippen LogP contribution in [0.25, 0.3) is 11.1 Å². The first-order chi connectivity index (χ1) is 20.5. The van der Waals surface area contributed by atoms with Gasteiger partial charge in [0.1, 0.15) is 18.2 Å². The first-order valence-electron chi connectivity index (χ1n) is 14.2. The number of hydrogen-bond acceptors (Lipinski definition) is 6. The zero-order valence-electron chi connectivity index (χ0n) is 24.5. The molecule has 0 aromatic heterocycles. The smallest absolute Gasteiger partial charge is 0.412 e. The van der Waals surface area contributed by atoms with Gasteiger partial charge in [-0.15, -0.1) is 0 Å². The lowest BCUT2D eigenvalue weighted by molar-refractivity contribution is -0.139. The van der Waals surface area contributed by atoms with E-state index in [0.29, 0.717) is 18.5 Å². The third-order valence-electron chi connectivity index (χ3n) is 6.95. The lowest BCUT2D eigenvalue weighted by Crippen LogP contribution is -2.41. The number of carboxylic acid groups (broad SMARTS) is 1.